The van der Waals surface area contributed by atoms with Gasteiger partial charge in [0.15, 0.2) is 0 Å². The molecule has 0 unspecified atom stereocenters. The number of nitrogens with one attached hydrogen (secondary N) is 1. The summed E-state index contributed by atoms with van der Waals surface area (Å²) in [4.78, 5) is 7.74. The zero-order valence-corrected chi connectivity index (χ0v) is 11.8. The molecule has 0 amide bonds. The second-order valence-corrected chi connectivity index (χ2v) is 6.89. The summed E-state index contributed by atoms with van der Waals surface area (Å²) in [5, 5.41) is 3.26. The standard InChI is InChI=1S/C11H16ClN3O2S/c1-8-6-14-11(15-10(8)12)18(16,17)7-9-2-4-13-5-3-9/h6,9,13H,2-5,7H2,1H3. The van der Waals surface area contributed by atoms with Crippen LogP contribution < -0.4 is 5.32 Å². The summed E-state index contributed by atoms with van der Waals surface area (Å²) < 4.78 is 24.3. The van der Waals surface area contributed by atoms with Gasteiger partial charge >= 0.3 is 0 Å². The van der Waals surface area contributed by atoms with Gasteiger partial charge in [-0.3, -0.25) is 0 Å². The molecule has 0 radical (unpaired) electrons. The molecule has 0 bridgehead atoms. The predicted molar refractivity (Wildman–Crippen MR) is 69.4 cm³/mol. The highest BCUT2D eigenvalue weighted by atomic mass is 35.5. The van der Waals surface area contributed by atoms with E-state index in [0.29, 0.717) is 5.56 Å². The van der Waals surface area contributed by atoms with Gasteiger partial charge in [0, 0.05) is 11.8 Å². The van der Waals surface area contributed by atoms with Crippen LogP contribution in [0.2, 0.25) is 5.15 Å². The van der Waals surface area contributed by atoms with Gasteiger partial charge in [-0.25, -0.2) is 18.4 Å². The molecule has 2 rings (SSSR count). The van der Waals surface area contributed by atoms with Crippen LogP contribution in [0.15, 0.2) is 11.4 Å². The number of piperidine rings is 1. The molecule has 0 aliphatic carbocycles. The molecule has 7 heteroatoms. The fourth-order valence-corrected chi connectivity index (χ4v) is 3.72. The fraction of sp³-hybridized carbons (Fsp3) is 0.636. The first-order chi connectivity index (χ1) is 8.49. The van der Waals surface area contributed by atoms with Crippen LogP contribution in [0.25, 0.3) is 0 Å². The van der Waals surface area contributed by atoms with Crippen molar-refractivity contribution in [1.82, 2.24) is 15.3 Å². The van der Waals surface area contributed by atoms with E-state index in [1.807, 2.05) is 0 Å². The number of halogens is 1. The second kappa shape index (κ2) is 5.50. The summed E-state index contributed by atoms with van der Waals surface area (Å²) in [6.07, 6.45) is 3.20. The van der Waals surface area contributed by atoms with Crippen molar-refractivity contribution in [2.45, 2.75) is 24.9 Å². The van der Waals surface area contributed by atoms with Crippen molar-refractivity contribution >= 4 is 21.4 Å². The van der Waals surface area contributed by atoms with Gasteiger partial charge in [-0.15, -0.1) is 0 Å². The maximum Gasteiger partial charge on any atom is 0.248 e. The van der Waals surface area contributed by atoms with Gasteiger partial charge in [-0.05, 0) is 38.8 Å². The number of hydrogen-bond donors (Lipinski definition) is 1. The van der Waals surface area contributed by atoms with Crippen molar-refractivity contribution in [3.05, 3.63) is 16.9 Å². The first-order valence-electron chi connectivity index (χ1n) is 5.91. The zero-order valence-electron chi connectivity index (χ0n) is 10.2. The Bertz CT molecular complexity index is 527. The molecule has 1 fully saturated rings. The number of aromatic nitrogens is 2. The minimum Gasteiger partial charge on any atom is -0.317 e. The SMILES string of the molecule is Cc1cnc(S(=O)(=O)CC2CCNCC2)nc1Cl. The van der Waals surface area contributed by atoms with Crippen LogP contribution in [0.3, 0.4) is 0 Å². The Morgan fingerprint density at radius 2 is 2.11 bits per heavy atom. The third-order valence-corrected chi connectivity index (χ3v) is 5.13. The minimum absolute atomic E-state index is 0.105. The van der Waals surface area contributed by atoms with Crippen LogP contribution in [0, 0.1) is 12.8 Å². The lowest BCUT2D eigenvalue weighted by Gasteiger charge is -2.21. The number of sulfone groups is 1. The van der Waals surface area contributed by atoms with E-state index in [9.17, 15) is 8.42 Å². The van der Waals surface area contributed by atoms with Gasteiger partial charge in [0.25, 0.3) is 0 Å². The largest absolute Gasteiger partial charge is 0.317 e. The van der Waals surface area contributed by atoms with Gasteiger partial charge in [0.2, 0.25) is 15.0 Å². The van der Waals surface area contributed by atoms with Crippen molar-refractivity contribution in [1.29, 1.82) is 0 Å². The first kappa shape index (κ1) is 13.7. The highest BCUT2D eigenvalue weighted by Gasteiger charge is 2.25. The maximum atomic E-state index is 12.2. The lowest BCUT2D eigenvalue weighted by molar-refractivity contribution is 0.400. The fourth-order valence-electron chi connectivity index (χ4n) is 1.99. The number of aryl methyl sites for hydroxylation is 1. The first-order valence-corrected chi connectivity index (χ1v) is 7.94. The van der Waals surface area contributed by atoms with Crippen LogP contribution in [0.1, 0.15) is 18.4 Å². The molecular formula is C11H16ClN3O2S. The summed E-state index contributed by atoms with van der Waals surface area (Å²) in [5.41, 5.74) is 0.678. The van der Waals surface area contributed by atoms with E-state index in [0.717, 1.165) is 25.9 Å². The van der Waals surface area contributed by atoms with Gasteiger partial charge in [-0.1, -0.05) is 11.6 Å². The number of nitrogens with zero attached hydrogens (tertiary/aromatic N) is 2. The molecule has 1 saturated heterocycles. The lowest BCUT2D eigenvalue weighted by Crippen LogP contribution is -2.31. The van der Waals surface area contributed by atoms with Crippen LogP contribution >= 0.6 is 11.6 Å². The van der Waals surface area contributed by atoms with E-state index < -0.39 is 9.84 Å². The van der Waals surface area contributed by atoms with E-state index in [2.05, 4.69) is 15.3 Å². The van der Waals surface area contributed by atoms with Crippen LogP contribution in [-0.4, -0.2) is 37.2 Å². The zero-order chi connectivity index (χ0) is 13.2. The highest BCUT2D eigenvalue weighted by Crippen LogP contribution is 2.19. The molecule has 1 N–H and O–H groups in total. The van der Waals surface area contributed by atoms with Crippen molar-refractivity contribution in [2.24, 2.45) is 5.92 Å². The third-order valence-electron chi connectivity index (χ3n) is 3.08. The Morgan fingerprint density at radius 3 is 2.72 bits per heavy atom. The predicted octanol–water partition coefficient (Wildman–Crippen LogP) is 1.21. The van der Waals surface area contributed by atoms with Gasteiger partial charge < -0.3 is 5.32 Å². The molecule has 0 spiro atoms. The van der Waals surface area contributed by atoms with Crippen molar-refractivity contribution < 1.29 is 8.42 Å². The molecule has 0 atom stereocenters. The molecule has 0 saturated carbocycles. The number of rotatable bonds is 3. The Labute approximate surface area is 112 Å². The second-order valence-electron chi connectivity index (χ2n) is 4.60. The minimum atomic E-state index is -3.43. The smallest absolute Gasteiger partial charge is 0.248 e. The third kappa shape index (κ3) is 3.18. The summed E-state index contributed by atoms with van der Waals surface area (Å²) in [6.45, 7) is 3.48. The van der Waals surface area contributed by atoms with E-state index in [1.54, 1.807) is 6.92 Å². The lowest BCUT2D eigenvalue weighted by atomic mass is 10.0. The Kier molecular flexibility index (Phi) is 4.19. The summed E-state index contributed by atoms with van der Waals surface area (Å²) >= 11 is 5.84. The van der Waals surface area contributed by atoms with Crippen molar-refractivity contribution in [2.75, 3.05) is 18.8 Å². The highest BCUT2D eigenvalue weighted by molar-refractivity contribution is 7.91. The molecule has 0 aromatic carbocycles. The van der Waals surface area contributed by atoms with E-state index >= 15 is 0 Å². The molecule has 1 aromatic heterocycles. The number of hydrogen-bond acceptors (Lipinski definition) is 5. The Balaban J connectivity index is 2.16. The molecule has 1 aromatic rings. The molecule has 2 heterocycles. The maximum absolute atomic E-state index is 12.2. The quantitative estimate of drug-likeness (QED) is 0.669. The molecule has 5 nitrogen and oxygen atoms in total. The van der Waals surface area contributed by atoms with Crippen LogP contribution in [0.4, 0.5) is 0 Å². The summed E-state index contributed by atoms with van der Waals surface area (Å²) in [5.74, 6) is 0.286. The molecule has 100 valence electrons. The van der Waals surface area contributed by atoms with E-state index in [4.69, 9.17) is 11.6 Å². The van der Waals surface area contributed by atoms with Crippen molar-refractivity contribution in [3.63, 3.8) is 0 Å². The van der Waals surface area contributed by atoms with Gasteiger partial charge in [-0.2, -0.15) is 0 Å². The van der Waals surface area contributed by atoms with Gasteiger partial charge in [0.05, 0.1) is 5.75 Å². The van der Waals surface area contributed by atoms with Crippen LogP contribution in [-0.2, 0) is 9.84 Å². The average molecular weight is 290 g/mol. The monoisotopic (exact) mass is 289 g/mol. The topological polar surface area (TPSA) is 72.0 Å². The van der Waals surface area contributed by atoms with Crippen LogP contribution in [0.5, 0.6) is 0 Å². The Hall–Kier alpha value is -0.720. The molecule has 1 aliphatic heterocycles. The average Bonchev–Trinajstić information content (AvgIpc) is 2.33. The Morgan fingerprint density at radius 1 is 1.44 bits per heavy atom. The normalized spacial score (nSPS) is 17.9. The summed E-state index contributed by atoms with van der Waals surface area (Å²) in [7, 11) is -3.43. The molecular weight excluding hydrogens is 274 g/mol. The summed E-state index contributed by atoms with van der Waals surface area (Å²) in [6, 6.07) is 0. The van der Waals surface area contributed by atoms with Crippen molar-refractivity contribution in [3.8, 4) is 0 Å². The van der Waals surface area contributed by atoms with Gasteiger partial charge in [0.1, 0.15) is 5.15 Å². The molecule has 1 aliphatic rings. The molecule has 18 heavy (non-hydrogen) atoms. The van der Waals surface area contributed by atoms with E-state index in [1.165, 1.54) is 6.20 Å². The van der Waals surface area contributed by atoms with E-state index in [-0.39, 0.29) is 22.0 Å².